The van der Waals surface area contributed by atoms with Crippen molar-refractivity contribution in [3.8, 4) is 0 Å². The zero-order valence-electron chi connectivity index (χ0n) is 10.2. The second-order valence-corrected chi connectivity index (χ2v) is 6.22. The van der Waals surface area contributed by atoms with Crippen molar-refractivity contribution >= 4 is 33.8 Å². The number of piperazine rings is 1. The molecule has 0 aliphatic carbocycles. The van der Waals surface area contributed by atoms with E-state index in [1.807, 2.05) is 24.3 Å². The van der Waals surface area contributed by atoms with Crippen LogP contribution >= 0.6 is 12.4 Å². The fourth-order valence-electron chi connectivity index (χ4n) is 1.96. The van der Waals surface area contributed by atoms with Crippen LogP contribution in [0.2, 0.25) is 0 Å². The molecule has 1 aromatic carbocycles. The summed E-state index contributed by atoms with van der Waals surface area (Å²) in [4.78, 5) is 2.17. The molecule has 0 radical (unpaired) electrons. The van der Waals surface area contributed by atoms with Crippen LogP contribution in [-0.4, -0.2) is 45.2 Å². The first kappa shape index (κ1) is 15.1. The molecule has 1 aliphatic rings. The molecule has 1 aromatic rings. The van der Waals surface area contributed by atoms with E-state index in [1.165, 1.54) is 10.6 Å². The molecule has 1 fully saturated rings. The smallest absolute Gasteiger partial charge is 0.211 e. The van der Waals surface area contributed by atoms with Gasteiger partial charge in [0.2, 0.25) is 10.0 Å². The minimum Gasteiger partial charge on any atom is -0.399 e. The molecule has 2 rings (SSSR count). The van der Waals surface area contributed by atoms with Gasteiger partial charge in [0.1, 0.15) is 0 Å². The summed E-state index contributed by atoms with van der Waals surface area (Å²) in [5.41, 5.74) is 7.46. The molecule has 2 N–H and O–H groups in total. The van der Waals surface area contributed by atoms with Gasteiger partial charge in [-0.15, -0.1) is 12.4 Å². The molecule has 1 saturated heterocycles. The lowest BCUT2D eigenvalue weighted by atomic mass is 10.2. The summed E-state index contributed by atoms with van der Waals surface area (Å²) in [6.07, 6.45) is 1.26. The van der Waals surface area contributed by atoms with Crippen LogP contribution in [0, 0.1) is 0 Å². The first-order valence-electron chi connectivity index (χ1n) is 5.52. The van der Waals surface area contributed by atoms with E-state index in [4.69, 9.17) is 5.73 Å². The first-order chi connectivity index (χ1) is 7.97. The molecule has 5 nitrogen and oxygen atoms in total. The molecular formula is C11H18ClN3O2S. The monoisotopic (exact) mass is 291 g/mol. The average Bonchev–Trinajstić information content (AvgIpc) is 2.29. The third kappa shape index (κ3) is 3.51. The number of sulfonamides is 1. The minimum absolute atomic E-state index is 0. The molecule has 0 atom stereocenters. The molecule has 102 valence electrons. The van der Waals surface area contributed by atoms with Crippen LogP contribution < -0.4 is 10.6 Å². The van der Waals surface area contributed by atoms with Gasteiger partial charge in [-0.1, -0.05) is 0 Å². The highest BCUT2D eigenvalue weighted by Crippen LogP contribution is 2.18. The lowest BCUT2D eigenvalue weighted by Crippen LogP contribution is -2.48. The second kappa shape index (κ2) is 5.77. The molecule has 0 amide bonds. The number of nitrogens with zero attached hydrogens (tertiary/aromatic N) is 2. The predicted molar refractivity (Wildman–Crippen MR) is 76.7 cm³/mol. The zero-order valence-corrected chi connectivity index (χ0v) is 11.9. The van der Waals surface area contributed by atoms with Gasteiger partial charge in [-0.25, -0.2) is 8.42 Å². The molecule has 7 heteroatoms. The molecule has 18 heavy (non-hydrogen) atoms. The van der Waals surface area contributed by atoms with Gasteiger partial charge in [0, 0.05) is 37.6 Å². The highest BCUT2D eigenvalue weighted by atomic mass is 35.5. The van der Waals surface area contributed by atoms with Gasteiger partial charge in [0.05, 0.1) is 6.26 Å². The predicted octanol–water partition coefficient (Wildman–Crippen LogP) is 0.772. The van der Waals surface area contributed by atoms with Crippen molar-refractivity contribution in [2.45, 2.75) is 0 Å². The number of anilines is 2. The third-order valence-corrected chi connectivity index (χ3v) is 4.27. The Labute approximate surface area is 114 Å². The third-order valence-electron chi connectivity index (χ3n) is 2.97. The number of hydrogen-bond acceptors (Lipinski definition) is 4. The summed E-state index contributed by atoms with van der Waals surface area (Å²) >= 11 is 0. The van der Waals surface area contributed by atoms with Crippen molar-refractivity contribution < 1.29 is 8.42 Å². The Morgan fingerprint density at radius 3 is 2.00 bits per heavy atom. The number of benzene rings is 1. The van der Waals surface area contributed by atoms with Crippen molar-refractivity contribution in [2.24, 2.45) is 0 Å². The van der Waals surface area contributed by atoms with Gasteiger partial charge in [-0.3, -0.25) is 0 Å². The van der Waals surface area contributed by atoms with E-state index in [-0.39, 0.29) is 12.4 Å². The average molecular weight is 292 g/mol. The minimum atomic E-state index is -3.05. The van der Waals surface area contributed by atoms with Crippen molar-refractivity contribution in [1.29, 1.82) is 0 Å². The Kier molecular flexibility index (Phi) is 4.84. The number of hydrogen-bond donors (Lipinski definition) is 1. The van der Waals surface area contributed by atoms with E-state index in [0.717, 1.165) is 24.5 Å². The van der Waals surface area contributed by atoms with Crippen molar-refractivity contribution in [3.63, 3.8) is 0 Å². The van der Waals surface area contributed by atoms with Gasteiger partial charge in [-0.05, 0) is 24.3 Å². The van der Waals surface area contributed by atoms with Gasteiger partial charge < -0.3 is 10.6 Å². The summed E-state index contributed by atoms with van der Waals surface area (Å²) < 4.78 is 24.2. The van der Waals surface area contributed by atoms with Gasteiger partial charge in [-0.2, -0.15) is 4.31 Å². The molecule has 1 heterocycles. The first-order valence-corrected chi connectivity index (χ1v) is 7.37. The lowest BCUT2D eigenvalue weighted by molar-refractivity contribution is 0.388. The van der Waals surface area contributed by atoms with E-state index < -0.39 is 10.0 Å². The van der Waals surface area contributed by atoms with Crippen LogP contribution in [0.5, 0.6) is 0 Å². The number of nitrogen functional groups attached to an aromatic ring is 1. The maximum Gasteiger partial charge on any atom is 0.211 e. The SMILES string of the molecule is CS(=O)(=O)N1CCN(c2ccc(N)cc2)CC1.Cl. The van der Waals surface area contributed by atoms with Gasteiger partial charge in [0.25, 0.3) is 0 Å². The highest BCUT2D eigenvalue weighted by Gasteiger charge is 2.23. The van der Waals surface area contributed by atoms with E-state index in [0.29, 0.717) is 13.1 Å². The van der Waals surface area contributed by atoms with Crippen LogP contribution in [-0.2, 0) is 10.0 Å². The quantitative estimate of drug-likeness (QED) is 0.818. The van der Waals surface area contributed by atoms with Crippen molar-refractivity contribution in [1.82, 2.24) is 4.31 Å². The topological polar surface area (TPSA) is 66.6 Å². The van der Waals surface area contributed by atoms with E-state index >= 15 is 0 Å². The van der Waals surface area contributed by atoms with E-state index in [9.17, 15) is 8.42 Å². The fourth-order valence-corrected chi connectivity index (χ4v) is 2.79. The Morgan fingerprint density at radius 2 is 1.56 bits per heavy atom. The van der Waals surface area contributed by atoms with Crippen LogP contribution in [0.3, 0.4) is 0 Å². The maximum atomic E-state index is 11.4. The van der Waals surface area contributed by atoms with Crippen LogP contribution in [0.15, 0.2) is 24.3 Å². The van der Waals surface area contributed by atoms with E-state index in [1.54, 1.807) is 0 Å². The zero-order chi connectivity index (χ0) is 12.5. The normalized spacial score (nSPS) is 17.3. The summed E-state index contributed by atoms with van der Waals surface area (Å²) in [5, 5.41) is 0. The summed E-state index contributed by atoms with van der Waals surface area (Å²) in [6.45, 7) is 2.53. The van der Waals surface area contributed by atoms with Crippen molar-refractivity contribution in [3.05, 3.63) is 24.3 Å². The molecule has 1 aliphatic heterocycles. The fraction of sp³-hybridized carbons (Fsp3) is 0.455. The molecule has 0 aromatic heterocycles. The van der Waals surface area contributed by atoms with Crippen LogP contribution in [0.1, 0.15) is 0 Å². The Morgan fingerprint density at radius 1 is 1.06 bits per heavy atom. The van der Waals surface area contributed by atoms with Crippen molar-refractivity contribution in [2.75, 3.05) is 43.1 Å². The Balaban J connectivity index is 0.00000162. The van der Waals surface area contributed by atoms with Crippen LogP contribution in [0.4, 0.5) is 11.4 Å². The Hall–Kier alpha value is -0.980. The molecule has 0 spiro atoms. The van der Waals surface area contributed by atoms with Gasteiger partial charge >= 0.3 is 0 Å². The second-order valence-electron chi connectivity index (χ2n) is 4.24. The largest absolute Gasteiger partial charge is 0.399 e. The molecule has 0 bridgehead atoms. The summed E-state index contributed by atoms with van der Waals surface area (Å²) in [5.74, 6) is 0. The summed E-state index contributed by atoms with van der Waals surface area (Å²) in [6, 6.07) is 7.65. The Bertz CT molecular complexity index is 482. The lowest BCUT2D eigenvalue weighted by Gasteiger charge is -2.34. The number of rotatable bonds is 2. The molecule has 0 unspecified atom stereocenters. The molecular weight excluding hydrogens is 274 g/mol. The maximum absolute atomic E-state index is 11.4. The highest BCUT2D eigenvalue weighted by molar-refractivity contribution is 7.88. The summed E-state index contributed by atoms with van der Waals surface area (Å²) in [7, 11) is -3.05. The van der Waals surface area contributed by atoms with Crippen LogP contribution in [0.25, 0.3) is 0 Å². The van der Waals surface area contributed by atoms with Gasteiger partial charge in [0.15, 0.2) is 0 Å². The number of nitrogens with two attached hydrogens (primary N) is 1. The number of halogens is 1. The molecule has 0 saturated carbocycles. The van der Waals surface area contributed by atoms with E-state index in [2.05, 4.69) is 4.90 Å². The standard InChI is InChI=1S/C11H17N3O2S.ClH/c1-17(15,16)14-8-6-13(7-9-14)11-4-2-10(12)3-5-11;/h2-5H,6-9,12H2,1H3;1H.